The molecule has 1 aromatic heterocycles. The van der Waals surface area contributed by atoms with Crippen molar-refractivity contribution in [1.82, 2.24) is 4.98 Å². The fourth-order valence-electron chi connectivity index (χ4n) is 1.18. The molecule has 0 saturated heterocycles. The smallest absolute Gasteiger partial charge is 0.137 e. The van der Waals surface area contributed by atoms with Gasteiger partial charge in [-0.3, -0.25) is 4.98 Å². The molecule has 1 aromatic rings. The Morgan fingerprint density at radius 1 is 1.19 bits per heavy atom. The molecule has 0 bridgehead atoms. The lowest BCUT2D eigenvalue weighted by molar-refractivity contribution is 0.242. The van der Waals surface area contributed by atoms with Crippen LogP contribution in [0.2, 0.25) is 0 Å². The first-order valence-corrected chi connectivity index (χ1v) is 5.57. The Kier molecular flexibility index (Phi) is 3.58. The van der Waals surface area contributed by atoms with Gasteiger partial charge in [0.15, 0.2) is 0 Å². The average Bonchev–Trinajstić information content (AvgIpc) is 2.13. The molecule has 0 unspecified atom stereocenters. The topological polar surface area (TPSA) is 48.1 Å². The highest BCUT2D eigenvalue weighted by Gasteiger charge is 2.15. The lowest BCUT2D eigenvalue weighted by atomic mass is 9.92. The number of rotatable bonds is 3. The molecule has 0 aliphatic heterocycles. The van der Waals surface area contributed by atoms with E-state index in [1.165, 1.54) is 0 Å². The van der Waals surface area contributed by atoms with Crippen LogP contribution in [-0.4, -0.2) is 17.1 Å². The van der Waals surface area contributed by atoms with E-state index in [-0.39, 0.29) is 11.0 Å². The molecule has 0 aliphatic carbocycles. The van der Waals surface area contributed by atoms with Gasteiger partial charge < -0.3 is 10.5 Å². The summed E-state index contributed by atoms with van der Waals surface area (Å²) in [5.41, 5.74) is 6.66. The number of nitrogens with two attached hydrogens (primary N) is 1. The van der Waals surface area contributed by atoms with Crippen LogP contribution in [0.25, 0.3) is 0 Å². The first-order chi connectivity index (χ1) is 7.18. The molecule has 0 fully saturated rings. The molecule has 0 radical (unpaired) electrons. The standard InChI is InChI=1S/C13H22N2O/c1-12(2,3)11-7-6-10(8-15-11)16-9-13(4,5)14/h6-8H,9,14H2,1-5H3. The second kappa shape index (κ2) is 4.42. The summed E-state index contributed by atoms with van der Waals surface area (Å²) in [4.78, 5) is 4.38. The molecule has 0 saturated carbocycles. The van der Waals surface area contributed by atoms with E-state index in [0.717, 1.165) is 11.4 Å². The Morgan fingerprint density at radius 3 is 2.19 bits per heavy atom. The van der Waals surface area contributed by atoms with Gasteiger partial charge in [-0.2, -0.15) is 0 Å². The van der Waals surface area contributed by atoms with Crippen LogP contribution in [0.15, 0.2) is 18.3 Å². The summed E-state index contributed by atoms with van der Waals surface area (Å²) in [6.45, 7) is 10.8. The monoisotopic (exact) mass is 222 g/mol. The van der Waals surface area contributed by atoms with Gasteiger partial charge in [-0.15, -0.1) is 0 Å². The van der Waals surface area contributed by atoms with Crippen molar-refractivity contribution in [3.05, 3.63) is 24.0 Å². The SMILES string of the molecule is CC(C)(N)COc1ccc(C(C)(C)C)nc1. The molecule has 2 N–H and O–H groups in total. The van der Waals surface area contributed by atoms with Crippen molar-refractivity contribution in [3.63, 3.8) is 0 Å². The highest BCUT2D eigenvalue weighted by molar-refractivity contribution is 5.23. The lowest BCUT2D eigenvalue weighted by Gasteiger charge is -2.20. The van der Waals surface area contributed by atoms with Crippen LogP contribution < -0.4 is 10.5 Å². The molecule has 0 amide bonds. The minimum absolute atomic E-state index is 0.0751. The molecule has 3 nitrogen and oxygen atoms in total. The zero-order chi connectivity index (χ0) is 12.4. The summed E-state index contributed by atoms with van der Waals surface area (Å²) in [6, 6.07) is 3.94. The summed E-state index contributed by atoms with van der Waals surface area (Å²) < 4.78 is 5.55. The Labute approximate surface area is 98.0 Å². The van der Waals surface area contributed by atoms with Crippen LogP contribution in [0.4, 0.5) is 0 Å². The molecule has 0 spiro atoms. The Bertz CT molecular complexity index is 330. The van der Waals surface area contributed by atoms with Gasteiger partial charge in [0.05, 0.1) is 6.20 Å². The third-order valence-electron chi connectivity index (χ3n) is 2.12. The molecule has 0 aliphatic rings. The molecule has 1 heterocycles. The first kappa shape index (κ1) is 13.0. The fraction of sp³-hybridized carbons (Fsp3) is 0.615. The number of ether oxygens (including phenoxy) is 1. The molecular weight excluding hydrogens is 200 g/mol. The van der Waals surface area contributed by atoms with E-state index in [0.29, 0.717) is 6.61 Å². The van der Waals surface area contributed by atoms with Crippen molar-refractivity contribution in [2.75, 3.05) is 6.61 Å². The third kappa shape index (κ3) is 4.19. The maximum atomic E-state index is 5.84. The Morgan fingerprint density at radius 2 is 1.81 bits per heavy atom. The van der Waals surface area contributed by atoms with Crippen LogP contribution >= 0.6 is 0 Å². The second-order valence-electron chi connectivity index (χ2n) is 5.91. The molecule has 1 rings (SSSR count). The lowest BCUT2D eigenvalue weighted by Crippen LogP contribution is -2.38. The van der Waals surface area contributed by atoms with Gasteiger partial charge in [-0.25, -0.2) is 0 Å². The zero-order valence-corrected chi connectivity index (χ0v) is 10.9. The maximum absolute atomic E-state index is 5.84. The molecule has 0 atom stereocenters. The third-order valence-corrected chi connectivity index (χ3v) is 2.12. The predicted molar refractivity (Wildman–Crippen MR) is 66.7 cm³/mol. The van der Waals surface area contributed by atoms with Crippen LogP contribution in [0, 0.1) is 0 Å². The summed E-state index contributed by atoms with van der Waals surface area (Å²) >= 11 is 0. The van der Waals surface area contributed by atoms with Gasteiger partial charge >= 0.3 is 0 Å². The molecule has 16 heavy (non-hydrogen) atoms. The van der Waals surface area contributed by atoms with Crippen LogP contribution in [-0.2, 0) is 5.41 Å². The highest BCUT2D eigenvalue weighted by atomic mass is 16.5. The van der Waals surface area contributed by atoms with Crippen molar-refractivity contribution >= 4 is 0 Å². The minimum Gasteiger partial charge on any atom is -0.490 e. The summed E-state index contributed by atoms with van der Waals surface area (Å²) in [5, 5.41) is 0. The van der Waals surface area contributed by atoms with Crippen LogP contribution in [0.3, 0.4) is 0 Å². The van der Waals surface area contributed by atoms with Gasteiger partial charge in [-0.05, 0) is 26.0 Å². The van der Waals surface area contributed by atoms with Crippen LogP contribution in [0.1, 0.15) is 40.3 Å². The molecule has 0 aromatic carbocycles. The van der Waals surface area contributed by atoms with Gasteiger partial charge in [0.25, 0.3) is 0 Å². The predicted octanol–water partition coefficient (Wildman–Crippen LogP) is 2.50. The zero-order valence-electron chi connectivity index (χ0n) is 10.9. The van der Waals surface area contributed by atoms with Crippen molar-refractivity contribution in [1.29, 1.82) is 0 Å². The molecule has 3 heteroatoms. The van der Waals surface area contributed by atoms with E-state index >= 15 is 0 Å². The Balaban J connectivity index is 2.66. The minimum atomic E-state index is -0.317. The van der Waals surface area contributed by atoms with Crippen molar-refractivity contribution in [3.8, 4) is 5.75 Å². The maximum Gasteiger partial charge on any atom is 0.137 e. The number of hydrogen-bond donors (Lipinski definition) is 1. The summed E-state index contributed by atoms with van der Waals surface area (Å²) in [6.07, 6.45) is 1.76. The molecular formula is C13H22N2O. The van der Waals surface area contributed by atoms with E-state index in [1.807, 2.05) is 26.0 Å². The molecule has 90 valence electrons. The van der Waals surface area contributed by atoms with E-state index in [9.17, 15) is 0 Å². The summed E-state index contributed by atoms with van der Waals surface area (Å²) in [5.74, 6) is 0.770. The largest absolute Gasteiger partial charge is 0.490 e. The van der Waals surface area contributed by atoms with Gasteiger partial charge in [0, 0.05) is 16.6 Å². The van der Waals surface area contributed by atoms with Gasteiger partial charge in [0.2, 0.25) is 0 Å². The van der Waals surface area contributed by atoms with Crippen molar-refractivity contribution < 1.29 is 4.74 Å². The van der Waals surface area contributed by atoms with Gasteiger partial charge in [-0.1, -0.05) is 20.8 Å². The quantitative estimate of drug-likeness (QED) is 0.854. The number of hydrogen-bond acceptors (Lipinski definition) is 3. The number of pyridine rings is 1. The number of aromatic nitrogens is 1. The van der Waals surface area contributed by atoms with E-state index in [2.05, 4.69) is 25.8 Å². The van der Waals surface area contributed by atoms with Crippen molar-refractivity contribution in [2.24, 2.45) is 5.73 Å². The fourth-order valence-corrected chi connectivity index (χ4v) is 1.18. The van der Waals surface area contributed by atoms with Gasteiger partial charge in [0.1, 0.15) is 12.4 Å². The van der Waals surface area contributed by atoms with Crippen molar-refractivity contribution in [2.45, 2.75) is 45.6 Å². The highest BCUT2D eigenvalue weighted by Crippen LogP contribution is 2.21. The summed E-state index contributed by atoms with van der Waals surface area (Å²) in [7, 11) is 0. The van der Waals surface area contributed by atoms with E-state index in [4.69, 9.17) is 10.5 Å². The first-order valence-electron chi connectivity index (χ1n) is 5.57. The number of nitrogens with zero attached hydrogens (tertiary/aromatic N) is 1. The van der Waals surface area contributed by atoms with E-state index < -0.39 is 0 Å². The average molecular weight is 222 g/mol. The van der Waals surface area contributed by atoms with E-state index in [1.54, 1.807) is 6.20 Å². The van der Waals surface area contributed by atoms with Crippen LogP contribution in [0.5, 0.6) is 5.75 Å². The Hall–Kier alpha value is -1.09. The normalized spacial score (nSPS) is 12.6. The second-order valence-corrected chi connectivity index (χ2v) is 5.91.